The lowest BCUT2D eigenvalue weighted by Gasteiger charge is -2.08. The largest absolute Gasteiger partial charge is 0.494 e. The Bertz CT molecular complexity index is 998. The average molecular weight is 383 g/mol. The number of carbonyl (C=O) groups excluding carboxylic acids is 1. The van der Waals surface area contributed by atoms with Gasteiger partial charge in [0.25, 0.3) is 0 Å². The summed E-state index contributed by atoms with van der Waals surface area (Å²) >= 11 is 0. The van der Waals surface area contributed by atoms with Crippen LogP contribution in [0.2, 0.25) is 0 Å². The quantitative estimate of drug-likeness (QED) is 0.214. The van der Waals surface area contributed by atoms with E-state index >= 15 is 0 Å². The number of esters is 1. The smallest absolute Gasteiger partial charge is 0.343 e. The lowest BCUT2D eigenvalue weighted by Crippen LogP contribution is -2.08. The summed E-state index contributed by atoms with van der Waals surface area (Å²) in [6, 6.07) is 23.6. The van der Waals surface area contributed by atoms with Crippen LogP contribution in [0.1, 0.15) is 28.8 Å². The fraction of sp³-hybridized carbons (Fsp3) is 0.120. The fourth-order valence-electron chi connectivity index (χ4n) is 2.72. The Morgan fingerprint density at radius 2 is 1.48 bits per heavy atom. The Hall–Kier alpha value is -3.84. The van der Waals surface area contributed by atoms with Gasteiger partial charge in [-0.2, -0.15) is 5.26 Å². The van der Waals surface area contributed by atoms with Crippen LogP contribution in [0.5, 0.6) is 11.5 Å². The second-order valence-corrected chi connectivity index (χ2v) is 6.41. The van der Waals surface area contributed by atoms with Gasteiger partial charge >= 0.3 is 5.97 Å². The van der Waals surface area contributed by atoms with Crippen LogP contribution in [-0.4, -0.2) is 12.6 Å². The first-order valence-electron chi connectivity index (χ1n) is 9.36. The standard InChI is InChI=1S/C25H21NO3/c1-2-3-4-17-28-23-13-11-22(12-14-23)25(27)29-24-15-9-21(10-16-24)20-7-5-19(18-26)6-8-20/h2,5-16H,1,3-4,17H2. The number of hydrogen-bond acceptors (Lipinski definition) is 4. The summed E-state index contributed by atoms with van der Waals surface area (Å²) in [6.07, 6.45) is 3.68. The first-order valence-corrected chi connectivity index (χ1v) is 9.36. The molecule has 144 valence electrons. The third-order valence-electron chi connectivity index (χ3n) is 4.32. The number of hydrogen-bond donors (Lipinski definition) is 0. The van der Waals surface area contributed by atoms with E-state index in [0.29, 0.717) is 23.5 Å². The molecule has 0 radical (unpaired) electrons. The Morgan fingerprint density at radius 3 is 2.07 bits per heavy atom. The van der Waals surface area contributed by atoms with Crippen molar-refractivity contribution >= 4 is 5.97 Å². The molecule has 0 heterocycles. The number of unbranched alkanes of at least 4 members (excludes halogenated alkanes) is 1. The minimum atomic E-state index is -0.422. The van der Waals surface area contributed by atoms with Gasteiger partial charge < -0.3 is 9.47 Å². The van der Waals surface area contributed by atoms with Gasteiger partial charge in [0, 0.05) is 0 Å². The maximum atomic E-state index is 12.3. The summed E-state index contributed by atoms with van der Waals surface area (Å²) in [4.78, 5) is 12.3. The van der Waals surface area contributed by atoms with Crippen molar-refractivity contribution in [2.75, 3.05) is 6.61 Å². The summed E-state index contributed by atoms with van der Waals surface area (Å²) in [6.45, 7) is 4.29. The highest BCUT2D eigenvalue weighted by Crippen LogP contribution is 2.23. The maximum absolute atomic E-state index is 12.3. The van der Waals surface area contributed by atoms with Gasteiger partial charge in [-0.3, -0.25) is 0 Å². The summed E-state index contributed by atoms with van der Waals surface area (Å²) in [7, 11) is 0. The van der Waals surface area contributed by atoms with Gasteiger partial charge in [0.15, 0.2) is 0 Å². The van der Waals surface area contributed by atoms with Crippen molar-refractivity contribution in [3.05, 3.63) is 96.6 Å². The Kier molecular flexibility index (Phi) is 6.80. The second kappa shape index (κ2) is 9.91. The van der Waals surface area contributed by atoms with Crippen LogP contribution < -0.4 is 9.47 Å². The number of carbonyl (C=O) groups is 1. The predicted octanol–water partition coefficient (Wildman–Crippen LogP) is 5.79. The van der Waals surface area contributed by atoms with Gasteiger partial charge in [0.2, 0.25) is 0 Å². The molecule has 0 bridgehead atoms. The van der Waals surface area contributed by atoms with Crippen LogP contribution in [0, 0.1) is 11.3 Å². The molecule has 0 saturated carbocycles. The van der Waals surface area contributed by atoms with Crippen LogP contribution in [0.25, 0.3) is 11.1 Å². The molecule has 4 heteroatoms. The second-order valence-electron chi connectivity index (χ2n) is 6.41. The van der Waals surface area contributed by atoms with Crippen molar-refractivity contribution in [3.63, 3.8) is 0 Å². The Balaban J connectivity index is 1.58. The zero-order valence-electron chi connectivity index (χ0n) is 16.0. The Morgan fingerprint density at radius 1 is 0.897 bits per heavy atom. The molecule has 0 N–H and O–H groups in total. The molecule has 4 nitrogen and oxygen atoms in total. The lowest BCUT2D eigenvalue weighted by molar-refractivity contribution is 0.0734. The van der Waals surface area contributed by atoms with Gasteiger partial charge in [-0.1, -0.05) is 30.3 Å². The minimum Gasteiger partial charge on any atom is -0.494 e. The van der Waals surface area contributed by atoms with Gasteiger partial charge in [0.1, 0.15) is 11.5 Å². The predicted molar refractivity (Wildman–Crippen MR) is 113 cm³/mol. The zero-order chi connectivity index (χ0) is 20.5. The summed E-state index contributed by atoms with van der Waals surface area (Å²) in [5, 5.41) is 8.88. The molecule has 3 rings (SSSR count). The topological polar surface area (TPSA) is 59.3 Å². The van der Waals surface area contributed by atoms with Crippen LogP contribution in [0.3, 0.4) is 0 Å². The summed E-state index contributed by atoms with van der Waals surface area (Å²) < 4.78 is 11.1. The van der Waals surface area contributed by atoms with Crippen LogP contribution >= 0.6 is 0 Å². The maximum Gasteiger partial charge on any atom is 0.343 e. The molecule has 3 aromatic carbocycles. The van der Waals surface area contributed by atoms with E-state index in [1.54, 1.807) is 48.5 Å². The SMILES string of the molecule is C=CCCCOc1ccc(C(=O)Oc2ccc(-c3ccc(C#N)cc3)cc2)cc1. The minimum absolute atomic E-state index is 0.422. The third kappa shape index (κ3) is 5.57. The highest BCUT2D eigenvalue weighted by atomic mass is 16.5. The normalized spacial score (nSPS) is 10.0. The van der Waals surface area contributed by atoms with Crippen molar-refractivity contribution in [1.29, 1.82) is 5.26 Å². The number of benzene rings is 3. The van der Waals surface area contributed by atoms with Gasteiger partial charge in [-0.15, -0.1) is 6.58 Å². The van der Waals surface area contributed by atoms with Crippen LogP contribution in [0.15, 0.2) is 85.5 Å². The number of nitrogens with zero attached hydrogens (tertiary/aromatic N) is 1. The van der Waals surface area contributed by atoms with Crippen molar-refractivity contribution < 1.29 is 14.3 Å². The summed E-state index contributed by atoms with van der Waals surface area (Å²) in [5.74, 6) is 0.767. The van der Waals surface area contributed by atoms with Crippen molar-refractivity contribution in [3.8, 4) is 28.7 Å². The molecule has 0 spiro atoms. The first kappa shape index (κ1) is 19.9. The van der Waals surface area contributed by atoms with E-state index in [1.165, 1.54) is 0 Å². The van der Waals surface area contributed by atoms with Gasteiger partial charge in [-0.25, -0.2) is 4.79 Å². The zero-order valence-corrected chi connectivity index (χ0v) is 16.0. The van der Waals surface area contributed by atoms with Crippen LogP contribution in [-0.2, 0) is 0 Å². The summed E-state index contributed by atoms with van der Waals surface area (Å²) in [5.41, 5.74) is 3.05. The van der Waals surface area contributed by atoms with E-state index in [9.17, 15) is 4.79 Å². The molecule has 29 heavy (non-hydrogen) atoms. The number of nitriles is 1. The molecule has 0 unspecified atom stereocenters. The van der Waals surface area contributed by atoms with E-state index in [-0.39, 0.29) is 0 Å². The molecular formula is C25H21NO3. The van der Waals surface area contributed by atoms with Crippen LogP contribution in [0.4, 0.5) is 0 Å². The van der Waals surface area contributed by atoms with Gasteiger partial charge in [-0.05, 0) is 72.5 Å². The molecular weight excluding hydrogens is 362 g/mol. The highest BCUT2D eigenvalue weighted by molar-refractivity contribution is 5.91. The van der Waals surface area contributed by atoms with E-state index in [1.807, 2.05) is 30.3 Å². The molecule has 0 amide bonds. The van der Waals surface area contributed by atoms with Gasteiger partial charge in [0.05, 0.1) is 23.8 Å². The molecule has 0 atom stereocenters. The van der Waals surface area contributed by atoms with E-state index in [0.717, 1.165) is 29.7 Å². The molecule has 0 saturated heterocycles. The Labute approximate surface area is 170 Å². The average Bonchev–Trinajstić information content (AvgIpc) is 2.78. The molecule has 3 aromatic rings. The first-order chi connectivity index (χ1) is 14.2. The molecule has 0 aliphatic heterocycles. The number of allylic oxidation sites excluding steroid dienone is 1. The number of ether oxygens (including phenoxy) is 2. The molecule has 0 aromatic heterocycles. The lowest BCUT2D eigenvalue weighted by atomic mass is 10.0. The highest BCUT2D eigenvalue weighted by Gasteiger charge is 2.09. The van der Waals surface area contributed by atoms with E-state index < -0.39 is 5.97 Å². The van der Waals surface area contributed by atoms with Crippen molar-refractivity contribution in [1.82, 2.24) is 0 Å². The fourth-order valence-corrected chi connectivity index (χ4v) is 2.72. The van der Waals surface area contributed by atoms with E-state index in [4.69, 9.17) is 14.7 Å². The van der Waals surface area contributed by atoms with E-state index in [2.05, 4.69) is 12.6 Å². The van der Waals surface area contributed by atoms with Crippen molar-refractivity contribution in [2.45, 2.75) is 12.8 Å². The molecule has 0 aliphatic rings. The molecule has 0 fully saturated rings. The number of rotatable bonds is 8. The van der Waals surface area contributed by atoms with Crippen molar-refractivity contribution in [2.24, 2.45) is 0 Å². The third-order valence-corrected chi connectivity index (χ3v) is 4.32. The monoisotopic (exact) mass is 383 g/mol. The molecule has 0 aliphatic carbocycles.